The molecule has 0 aromatic heterocycles. The highest BCUT2D eigenvalue weighted by molar-refractivity contribution is 6.32. The Bertz CT molecular complexity index is 590. The van der Waals surface area contributed by atoms with Crippen LogP contribution in [0.3, 0.4) is 0 Å². The van der Waals surface area contributed by atoms with E-state index >= 15 is 0 Å². The van der Waals surface area contributed by atoms with Crippen molar-refractivity contribution in [2.45, 2.75) is 33.4 Å². The van der Waals surface area contributed by atoms with Crippen molar-refractivity contribution in [3.63, 3.8) is 0 Å². The van der Waals surface area contributed by atoms with E-state index in [1.165, 1.54) is 5.56 Å². The zero-order valence-corrected chi connectivity index (χ0v) is 13.5. The van der Waals surface area contributed by atoms with Gasteiger partial charge in [0.05, 0.1) is 5.02 Å². The molecule has 0 aliphatic rings. The van der Waals surface area contributed by atoms with E-state index in [0.29, 0.717) is 11.6 Å². The van der Waals surface area contributed by atoms with Crippen LogP contribution in [0, 0.1) is 5.41 Å². The highest BCUT2D eigenvalue weighted by Crippen LogP contribution is 2.33. The number of phenols is 1. The second-order valence-electron chi connectivity index (χ2n) is 6.38. The molecule has 1 atom stereocenters. The van der Waals surface area contributed by atoms with Gasteiger partial charge in [-0.15, -0.1) is 0 Å². The number of halogens is 1. The minimum Gasteiger partial charge on any atom is -0.506 e. The lowest BCUT2D eigenvalue weighted by molar-refractivity contribution is 0.271. The third kappa shape index (κ3) is 4.23. The third-order valence-corrected chi connectivity index (χ3v) is 3.82. The molecule has 112 valence electrons. The second-order valence-corrected chi connectivity index (χ2v) is 6.78. The van der Waals surface area contributed by atoms with Gasteiger partial charge in [-0.3, -0.25) is 0 Å². The molecule has 2 aromatic rings. The van der Waals surface area contributed by atoms with Crippen LogP contribution in [-0.4, -0.2) is 5.11 Å². The van der Waals surface area contributed by atoms with Crippen molar-refractivity contribution in [2.24, 2.45) is 5.41 Å². The van der Waals surface area contributed by atoms with Crippen LogP contribution in [0.4, 0.5) is 0 Å². The molecule has 0 aliphatic carbocycles. The Labute approximate surface area is 131 Å². The Hall–Kier alpha value is -1.51. The Morgan fingerprint density at radius 3 is 2.33 bits per heavy atom. The van der Waals surface area contributed by atoms with Crippen LogP contribution >= 0.6 is 11.6 Å². The Morgan fingerprint density at radius 2 is 1.76 bits per heavy atom. The zero-order valence-electron chi connectivity index (χ0n) is 12.7. The maximum atomic E-state index is 9.48. The predicted octanol–water partition coefficient (Wildman–Crippen LogP) is 4.92. The molecule has 0 bridgehead atoms. The Kier molecular flexibility index (Phi) is 4.92. The number of phenolic OH excluding ortho intramolecular Hbond substituents is 1. The SMILES string of the molecule is CC(C)(C)C(NCc1ccc(O)c(Cl)c1)c1ccccc1. The highest BCUT2D eigenvalue weighted by atomic mass is 35.5. The van der Waals surface area contributed by atoms with Crippen molar-refractivity contribution in [2.75, 3.05) is 0 Å². The number of hydrogen-bond acceptors (Lipinski definition) is 2. The normalized spacial score (nSPS) is 13.1. The van der Waals surface area contributed by atoms with Gasteiger partial charge in [0.2, 0.25) is 0 Å². The quantitative estimate of drug-likeness (QED) is 0.840. The summed E-state index contributed by atoms with van der Waals surface area (Å²) in [6, 6.07) is 16.0. The van der Waals surface area contributed by atoms with E-state index in [1.54, 1.807) is 12.1 Å². The fourth-order valence-electron chi connectivity index (χ4n) is 2.45. The van der Waals surface area contributed by atoms with Crippen LogP contribution in [0.1, 0.15) is 37.9 Å². The first-order chi connectivity index (χ1) is 9.88. The maximum absolute atomic E-state index is 9.48. The van der Waals surface area contributed by atoms with Gasteiger partial charge in [-0.05, 0) is 28.7 Å². The van der Waals surface area contributed by atoms with Crippen LogP contribution in [0.15, 0.2) is 48.5 Å². The molecule has 1 unspecified atom stereocenters. The summed E-state index contributed by atoms with van der Waals surface area (Å²) in [6.07, 6.45) is 0. The van der Waals surface area contributed by atoms with E-state index in [9.17, 15) is 5.11 Å². The first kappa shape index (κ1) is 15.9. The molecule has 0 amide bonds. The summed E-state index contributed by atoms with van der Waals surface area (Å²) in [7, 11) is 0. The minimum absolute atomic E-state index is 0.0993. The third-order valence-electron chi connectivity index (χ3n) is 3.52. The number of rotatable bonds is 4. The molecule has 0 fully saturated rings. The molecule has 2 N–H and O–H groups in total. The van der Waals surface area contributed by atoms with Gasteiger partial charge in [0.15, 0.2) is 0 Å². The van der Waals surface area contributed by atoms with Gasteiger partial charge in [0.1, 0.15) is 5.75 Å². The van der Waals surface area contributed by atoms with Crippen molar-refractivity contribution in [3.05, 3.63) is 64.7 Å². The van der Waals surface area contributed by atoms with Crippen molar-refractivity contribution in [1.82, 2.24) is 5.32 Å². The van der Waals surface area contributed by atoms with Gasteiger partial charge in [0.25, 0.3) is 0 Å². The van der Waals surface area contributed by atoms with E-state index in [1.807, 2.05) is 12.1 Å². The van der Waals surface area contributed by atoms with E-state index in [-0.39, 0.29) is 17.2 Å². The van der Waals surface area contributed by atoms with E-state index < -0.39 is 0 Å². The standard InChI is InChI=1S/C18H22ClNO/c1-18(2,3)17(14-7-5-4-6-8-14)20-12-13-9-10-16(21)15(19)11-13/h4-11,17,20-21H,12H2,1-3H3. The maximum Gasteiger partial charge on any atom is 0.134 e. The van der Waals surface area contributed by atoms with E-state index in [2.05, 4.69) is 50.4 Å². The van der Waals surface area contributed by atoms with Crippen LogP contribution in [0.2, 0.25) is 5.02 Å². The average Bonchev–Trinajstić information content (AvgIpc) is 2.43. The van der Waals surface area contributed by atoms with Crippen molar-refractivity contribution in [3.8, 4) is 5.75 Å². The van der Waals surface area contributed by atoms with Gasteiger partial charge in [-0.2, -0.15) is 0 Å². The summed E-state index contributed by atoms with van der Waals surface area (Å²) in [6.45, 7) is 7.38. The second kappa shape index (κ2) is 6.50. The first-order valence-corrected chi connectivity index (χ1v) is 7.51. The summed E-state index contributed by atoms with van der Waals surface area (Å²) in [4.78, 5) is 0. The summed E-state index contributed by atoms with van der Waals surface area (Å²) in [5, 5.41) is 13.5. The summed E-state index contributed by atoms with van der Waals surface area (Å²) < 4.78 is 0. The summed E-state index contributed by atoms with van der Waals surface area (Å²) >= 11 is 5.96. The largest absolute Gasteiger partial charge is 0.506 e. The average molecular weight is 304 g/mol. The van der Waals surface area contributed by atoms with Gasteiger partial charge in [0, 0.05) is 12.6 Å². The van der Waals surface area contributed by atoms with Gasteiger partial charge >= 0.3 is 0 Å². The Morgan fingerprint density at radius 1 is 1.10 bits per heavy atom. The van der Waals surface area contributed by atoms with Crippen LogP contribution in [0.25, 0.3) is 0 Å². The topological polar surface area (TPSA) is 32.3 Å². The fourth-order valence-corrected chi connectivity index (χ4v) is 2.65. The molecule has 0 aliphatic heterocycles. The molecule has 0 saturated heterocycles. The van der Waals surface area contributed by atoms with Crippen LogP contribution in [-0.2, 0) is 6.54 Å². The lowest BCUT2D eigenvalue weighted by Gasteiger charge is -2.32. The minimum atomic E-state index is 0.0993. The predicted molar refractivity (Wildman–Crippen MR) is 88.6 cm³/mol. The molecule has 0 spiro atoms. The molecule has 21 heavy (non-hydrogen) atoms. The van der Waals surface area contributed by atoms with Gasteiger partial charge < -0.3 is 10.4 Å². The number of nitrogens with one attached hydrogen (secondary N) is 1. The lowest BCUT2D eigenvalue weighted by Crippen LogP contribution is -2.32. The number of aromatic hydroxyl groups is 1. The summed E-state index contributed by atoms with van der Waals surface area (Å²) in [5.74, 6) is 0.121. The molecule has 0 radical (unpaired) electrons. The van der Waals surface area contributed by atoms with Crippen molar-refractivity contribution in [1.29, 1.82) is 0 Å². The fraction of sp³-hybridized carbons (Fsp3) is 0.333. The first-order valence-electron chi connectivity index (χ1n) is 7.13. The summed E-state index contributed by atoms with van der Waals surface area (Å²) in [5.41, 5.74) is 2.43. The van der Waals surface area contributed by atoms with Crippen molar-refractivity contribution >= 4 is 11.6 Å². The Balaban J connectivity index is 2.15. The molecule has 3 heteroatoms. The van der Waals surface area contributed by atoms with Crippen LogP contribution < -0.4 is 5.32 Å². The molecule has 2 aromatic carbocycles. The van der Waals surface area contributed by atoms with E-state index in [4.69, 9.17) is 11.6 Å². The lowest BCUT2D eigenvalue weighted by atomic mass is 9.82. The number of hydrogen-bond donors (Lipinski definition) is 2. The van der Waals surface area contributed by atoms with Crippen molar-refractivity contribution < 1.29 is 5.11 Å². The van der Waals surface area contributed by atoms with E-state index in [0.717, 1.165) is 5.56 Å². The molecule has 2 rings (SSSR count). The molecular weight excluding hydrogens is 282 g/mol. The molecular formula is C18H22ClNO. The molecule has 0 heterocycles. The van der Waals surface area contributed by atoms with Gasteiger partial charge in [-0.1, -0.05) is 68.8 Å². The molecule has 0 saturated carbocycles. The van der Waals surface area contributed by atoms with Gasteiger partial charge in [-0.25, -0.2) is 0 Å². The monoisotopic (exact) mass is 303 g/mol. The van der Waals surface area contributed by atoms with Crippen LogP contribution in [0.5, 0.6) is 5.75 Å². The highest BCUT2D eigenvalue weighted by Gasteiger charge is 2.25. The number of benzene rings is 2. The zero-order chi connectivity index (χ0) is 15.5. The smallest absolute Gasteiger partial charge is 0.134 e. The molecule has 2 nitrogen and oxygen atoms in total.